The van der Waals surface area contributed by atoms with Gasteiger partial charge in [0.25, 0.3) is 5.91 Å². The normalized spacial score (nSPS) is 18.8. The van der Waals surface area contributed by atoms with Crippen molar-refractivity contribution in [3.05, 3.63) is 39.8 Å². The number of urea groups is 1. The van der Waals surface area contributed by atoms with Crippen molar-refractivity contribution in [2.75, 3.05) is 25.3 Å². The Morgan fingerprint density at radius 3 is 2.68 bits per heavy atom. The molecule has 10 nitrogen and oxygen atoms in total. The van der Waals surface area contributed by atoms with Crippen LogP contribution in [0.4, 0.5) is 9.80 Å². The summed E-state index contributed by atoms with van der Waals surface area (Å²) in [5.41, 5.74) is 0.236. The lowest BCUT2D eigenvalue weighted by molar-refractivity contribution is -0.133. The lowest BCUT2D eigenvalue weighted by atomic mass is 9.91. The first kappa shape index (κ1) is 23.6. The van der Waals surface area contributed by atoms with E-state index in [-0.39, 0.29) is 13.4 Å². The van der Waals surface area contributed by atoms with Crippen molar-refractivity contribution in [1.29, 1.82) is 0 Å². The van der Waals surface area contributed by atoms with Crippen LogP contribution in [0.25, 0.3) is 0 Å². The summed E-state index contributed by atoms with van der Waals surface area (Å²) in [4.78, 5) is 52.9. The number of imide groups is 1. The number of anilines is 1. The molecule has 4 rings (SSSR count). The molecule has 34 heavy (non-hydrogen) atoms. The molecule has 0 radical (unpaired) electrons. The largest absolute Gasteiger partial charge is 0.462 e. The summed E-state index contributed by atoms with van der Waals surface area (Å²) < 4.78 is 15.8. The molecule has 1 atom stereocenters. The molecule has 1 unspecified atom stereocenters. The van der Waals surface area contributed by atoms with Crippen LogP contribution in [0.1, 0.15) is 47.1 Å². The molecule has 0 aliphatic carbocycles. The molecular formula is C23H25N3O7S. The first-order valence-corrected chi connectivity index (χ1v) is 11.6. The second-order valence-corrected chi connectivity index (χ2v) is 9.20. The van der Waals surface area contributed by atoms with Gasteiger partial charge >= 0.3 is 12.0 Å². The third-order valence-corrected chi connectivity index (χ3v) is 6.88. The minimum Gasteiger partial charge on any atom is -0.462 e. The first-order valence-electron chi connectivity index (χ1n) is 10.8. The van der Waals surface area contributed by atoms with Crippen molar-refractivity contribution in [2.45, 2.75) is 39.7 Å². The molecule has 180 valence electrons. The Hall–Kier alpha value is -3.60. The zero-order valence-electron chi connectivity index (χ0n) is 19.3. The molecule has 1 fully saturated rings. The van der Waals surface area contributed by atoms with E-state index in [0.29, 0.717) is 34.0 Å². The van der Waals surface area contributed by atoms with Crippen LogP contribution in [-0.2, 0) is 26.3 Å². The van der Waals surface area contributed by atoms with Crippen molar-refractivity contribution in [2.24, 2.45) is 0 Å². The molecule has 2 N–H and O–H groups in total. The molecule has 1 aromatic heterocycles. The summed E-state index contributed by atoms with van der Waals surface area (Å²) in [6.45, 7) is 6.81. The molecule has 3 heterocycles. The Morgan fingerprint density at radius 1 is 1.24 bits per heavy atom. The molecule has 4 amide bonds. The van der Waals surface area contributed by atoms with E-state index in [2.05, 4.69) is 10.6 Å². The van der Waals surface area contributed by atoms with Gasteiger partial charge in [-0.15, -0.1) is 11.3 Å². The van der Waals surface area contributed by atoms with Gasteiger partial charge in [0.05, 0.1) is 12.2 Å². The minimum atomic E-state index is -1.37. The fourth-order valence-electron chi connectivity index (χ4n) is 4.07. The fraction of sp³-hybridized carbons (Fsp3) is 0.391. The number of carbonyl (C=O) groups is 4. The predicted octanol–water partition coefficient (Wildman–Crippen LogP) is 2.93. The number of fused-ring (bicyclic) bond motifs is 1. The van der Waals surface area contributed by atoms with Crippen molar-refractivity contribution < 1.29 is 33.4 Å². The summed E-state index contributed by atoms with van der Waals surface area (Å²) >= 11 is 1.25. The second-order valence-electron chi connectivity index (χ2n) is 7.98. The summed E-state index contributed by atoms with van der Waals surface area (Å²) in [5.74, 6) is -0.676. The van der Waals surface area contributed by atoms with Crippen LogP contribution < -0.4 is 20.1 Å². The molecule has 0 spiro atoms. The number of esters is 1. The Bertz CT molecular complexity index is 1190. The van der Waals surface area contributed by atoms with Crippen LogP contribution in [0.5, 0.6) is 11.5 Å². The highest BCUT2D eigenvalue weighted by atomic mass is 32.1. The molecule has 11 heteroatoms. The Kier molecular flexibility index (Phi) is 6.22. The average molecular weight is 488 g/mol. The maximum absolute atomic E-state index is 13.2. The number of benzene rings is 1. The van der Waals surface area contributed by atoms with Crippen LogP contribution in [0.3, 0.4) is 0 Å². The Balaban J connectivity index is 1.53. The van der Waals surface area contributed by atoms with Crippen molar-refractivity contribution in [1.82, 2.24) is 10.2 Å². The summed E-state index contributed by atoms with van der Waals surface area (Å²) in [7, 11) is 0. The van der Waals surface area contributed by atoms with Crippen molar-refractivity contribution >= 4 is 40.2 Å². The Morgan fingerprint density at radius 2 is 1.97 bits per heavy atom. The van der Waals surface area contributed by atoms with Gasteiger partial charge < -0.3 is 24.8 Å². The number of hydrogen-bond acceptors (Lipinski definition) is 8. The van der Waals surface area contributed by atoms with Gasteiger partial charge in [-0.3, -0.25) is 14.5 Å². The highest BCUT2D eigenvalue weighted by molar-refractivity contribution is 7.16. The molecule has 2 aliphatic rings. The van der Waals surface area contributed by atoms with Gasteiger partial charge in [0, 0.05) is 4.88 Å². The quantitative estimate of drug-likeness (QED) is 0.455. The van der Waals surface area contributed by atoms with E-state index in [0.717, 1.165) is 15.3 Å². The minimum absolute atomic E-state index is 0.0812. The predicted molar refractivity (Wildman–Crippen MR) is 123 cm³/mol. The smallest absolute Gasteiger partial charge is 0.341 e. The SMILES string of the molecule is CCOC(=O)c1c(NC(=O)CN2C(=O)NC(C)(c3ccc4c(c3)OCO4)C2=O)sc(C)c1CC. The molecule has 1 aromatic carbocycles. The van der Waals surface area contributed by atoms with E-state index in [9.17, 15) is 19.2 Å². The summed E-state index contributed by atoms with van der Waals surface area (Å²) in [6.07, 6.45) is 0.591. The second kappa shape index (κ2) is 8.98. The number of amides is 4. The van der Waals surface area contributed by atoms with E-state index in [4.69, 9.17) is 14.2 Å². The maximum atomic E-state index is 13.2. The van der Waals surface area contributed by atoms with Crippen LogP contribution in [0, 0.1) is 6.92 Å². The van der Waals surface area contributed by atoms with E-state index >= 15 is 0 Å². The van der Waals surface area contributed by atoms with E-state index in [1.54, 1.807) is 32.0 Å². The van der Waals surface area contributed by atoms with E-state index in [1.165, 1.54) is 11.3 Å². The average Bonchev–Trinajstić information content (AvgIpc) is 3.44. The summed E-state index contributed by atoms with van der Waals surface area (Å²) in [5, 5.41) is 5.68. The van der Waals surface area contributed by atoms with E-state index in [1.807, 2.05) is 13.8 Å². The zero-order chi connectivity index (χ0) is 24.6. The Labute approximate surface area is 200 Å². The van der Waals surface area contributed by atoms with Crippen LogP contribution >= 0.6 is 11.3 Å². The number of carbonyl (C=O) groups excluding carboxylic acids is 4. The van der Waals surface area contributed by atoms with Gasteiger partial charge in [-0.2, -0.15) is 0 Å². The summed E-state index contributed by atoms with van der Waals surface area (Å²) in [6, 6.07) is 4.28. The first-order chi connectivity index (χ1) is 16.2. The number of thiophene rings is 1. The molecule has 2 aromatic rings. The third kappa shape index (κ3) is 3.96. The van der Waals surface area contributed by atoms with Gasteiger partial charge in [0.15, 0.2) is 11.5 Å². The van der Waals surface area contributed by atoms with Crippen LogP contribution in [0.2, 0.25) is 0 Å². The number of nitrogens with zero attached hydrogens (tertiary/aromatic N) is 1. The standard InChI is InChI=1S/C23H25N3O7S/c1-5-14-12(3)34-19(18(14)20(28)31-6-2)24-17(27)10-26-21(29)23(4,25-22(26)30)13-7-8-15-16(9-13)33-11-32-15/h7-9H,5-6,10-11H2,1-4H3,(H,24,27)(H,25,30). The zero-order valence-corrected chi connectivity index (χ0v) is 20.1. The number of hydrogen-bond donors (Lipinski definition) is 2. The number of ether oxygens (including phenoxy) is 3. The van der Waals surface area contributed by atoms with Gasteiger partial charge in [-0.25, -0.2) is 9.59 Å². The lowest BCUT2D eigenvalue weighted by Gasteiger charge is -2.22. The van der Waals surface area contributed by atoms with Crippen LogP contribution in [-0.4, -0.2) is 48.7 Å². The number of rotatable bonds is 7. The maximum Gasteiger partial charge on any atom is 0.341 e. The molecule has 0 saturated carbocycles. The lowest BCUT2D eigenvalue weighted by Crippen LogP contribution is -2.42. The highest BCUT2D eigenvalue weighted by Crippen LogP contribution is 2.38. The monoisotopic (exact) mass is 487 g/mol. The van der Waals surface area contributed by atoms with Crippen LogP contribution in [0.15, 0.2) is 18.2 Å². The van der Waals surface area contributed by atoms with Gasteiger partial charge in [-0.05, 0) is 50.5 Å². The third-order valence-electron chi connectivity index (χ3n) is 5.82. The highest BCUT2D eigenvalue weighted by Gasteiger charge is 2.50. The van der Waals surface area contributed by atoms with E-state index < -0.39 is 35.9 Å². The molecule has 1 saturated heterocycles. The van der Waals surface area contributed by atoms with Gasteiger partial charge in [-0.1, -0.05) is 13.0 Å². The van der Waals surface area contributed by atoms with Crippen molar-refractivity contribution in [3.63, 3.8) is 0 Å². The molecule has 2 aliphatic heterocycles. The topological polar surface area (TPSA) is 123 Å². The number of nitrogens with one attached hydrogen (secondary N) is 2. The number of aryl methyl sites for hydroxylation is 1. The van der Waals surface area contributed by atoms with Crippen molar-refractivity contribution in [3.8, 4) is 11.5 Å². The van der Waals surface area contributed by atoms with Gasteiger partial charge in [0.1, 0.15) is 17.1 Å². The molecule has 0 bridgehead atoms. The van der Waals surface area contributed by atoms with Gasteiger partial charge in [0.2, 0.25) is 12.7 Å². The fourth-order valence-corrected chi connectivity index (χ4v) is 5.21. The molecular weight excluding hydrogens is 462 g/mol.